The van der Waals surface area contributed by atoms with Crippen molar-refractivity contribution in [2.45, 2.75) is 56.4 Å². The molecule has 0 bridgehead atoms. The van der Waals surface area contributed by atoms with E-state index in [2.05, 4.69) is 28.7 Å². The minimum atomic E-state index is 0.127. The molecule has 4 nitrogen and oxygen atoms in total. The monoisotopic (exact) mass is 299 g/mol. The van der Waals surface area contributed by atoms with Gasteiger partial charge in [0.25, 0.3) is 0 Å². The zero-order chi connectivity index (χ0) is 14.4. The van der Waals surface area contributed by atoms with Crippen LogP contribution >= 0.6 is 11.8 Å². The van der Waals surface area contributed by atoms with Crippen LogP contribution in [0.25, 0.3) is 0 Å². The van der Waals surface area contributed by atoms with E-state index in [9.17, 15) is 4.79 Å². The molecule has 2 aliphatic rings. The molecule has 2 fully saturated rings. The van der Waals surface area contributed by atoms with Crippen LogP contribution in [0.4, 0.5) is 0 Å². The molecule has 0 aliphatic carbocycles. The van der Waals surface area contributed by atoms with E-state index < -0.39 is 0 Å². The zero-order valence-electron chi connectivity index (χ0n) is 12.9. The summed E-state index contributed by atoms with van der Waals surface area (Å²) in [5, 5.41) is 7.18. The highest BCUT2D eigenvalue weighted by molar-refractivity contribution is 7.99. The third-order valence-corrected chi connectivity index (χ3v) is 5.67. The molecule has 2 rings (SSSR count). The SMILES string of the molecule is CSC(C)CCNC(=O)C1CCCN1C1CCNCC1. The maximum atomic E-state index is 12.4. The molecule has 0 aromatic carbocycles. The summed E-state index contributed by atoms with van der Waals surface area (Å²) in [6.45, 7) is 6.33. The van der Waals surface area contributed by atoms with Gasteiger partial charge in [0, 0.05) is 17.8 Å². The van der Waals surface area contributed by atoms with Crippen molar-refractivity contribution in [1.29, 1.82) is 0 Å². The van der Waals surface area contributed by atoms with E-state index in [1.165, 1.54) is 19.3 Å². The Morgan fingerprint density at radius 3 is 2.85 bits per heavy atom. The van der Waals surface area contributed by atoms with Crippen LogP contribution in [0.15, 0.2) is 0 Å². The topological polar surface area (TPSA) is 44.4 Å². The second kappa shape index (κ2) is 8.25. The minimum absolute atomic E-state index is 0.127. The van der Waals surface area contributed by atoms with Gasteiger partial charge in [0.1, 0.15) is 0 Å². The van der Waals surface area contributed by atoms with E-state index in [-0.39, 0.29) is 11.9 Å². The summed E-state index contributed by atoms with van der Waals surface area (Å²) in [4.78, 5) is 14.9. The molecule has 0 radical (unpaired) electrons. The molecule has 0 saturated carbocycles. The number of hydrogen-bond donors (Lipinski definition) is 2. The highest BCUT2D eigenvalue weighted by atomic mass is 32.2. The van der Waals surface area contributed by atoms with E-state index in [0.29, 0.717) is 11.3 Å². The predicted octanol–water partition coefficient (Wildman–Crippen LogP) is 1.46. The quantitative estimate of drug-likeness (QED) is 0.779. The van der Waals surface area contributed by atoms with Crippen LogP contribution < -0.4 is 10.6 Å². The number of nitrogens with one attached hydrogen (secondary N) is 2. The molecule has 2 N–H and O–H groups in total. The van der Waals surface area contributed by atoms with Crippen LogP contribution in [0, 0.1) is 0 Å². The molecule has 116 valence electrons. The minimum Gasteiger partial charge on any atom is -0.355 e. The molecule has 1 amide bonds. The van der Waals surface area contributed by atoms with Gasteiger partial charge in [-0.3, -0.25) is 9.69 Å². The van der Waals surface area contributed by atoms with E-state index >= 15 is 0 Å². The average molecular weight is 299 g/mol. The molecule has 2 aliphatic heterocycles. The summed E-state index contributed by atoms with van der Waals surface area (Å²) >= 11 is 1.86. The number of likely N-dealkylation sites (tertiary alicyclic amines) is 1. The molecular weight excluding hydrogens is 270 g/mol. The number of rotatable bonds is 6. The van der Waals surface area contributed by atoms with Crippen LogP contribution in [0.1, 0.15) is 39.0 Å². The lowest BCUT2D eigenvalue weighted by Crippen LogP contribution is -2.50. The Morgan fingerprint density at radius 1 is 1.40 bits per heavy atom. The first-order valence-corrected chi connectivity index (χ1v) is 9.28. The van der Waals surface area contributed by atoms with Gasteiger partial charge in [0.2, 0.25) is 5.91 Å². The van der Waals surface area contributed by atoms with Gasteiger partial charge in [0.15, 0.2) is 0 Å². The summed E-state index contributed by atoms with van der Waals surface area (Å²) in [6, 6.07) is 0.738. The van der Waals surface area contributed by atoms with Gasteiger partial charge < -0.3 is 10.6 Å². The Bertz CT molecular complexity index is 307. The van der Waals surface area contributed by atoms with Crippen LogP contribution in [0.3, 0.4) is 0 Å². The van der Waals surface area contributed by atoms with Gasteiger partial charge in [-0.15, -0.1) is 0 Å². The summed E-state index contributed by atoms with van der Waals surface area (Å²) in [7, 11) is 0. The maximum Gasteiger partial charge on any atom is 0.237 e. The van der Waals surface area contributed by atoms with Crippen molar-refractivity contribution >= 4 is 17.7 Å². The molecule has 0 aromatic rings. The predicted molar refractivity (Wildman–Crippen MR) is 86.2 cm³/mol. The number of thioether (sulfide) groups is 1. The fourth-order valence-corrected chi connectivity index (χ4v) is 3.63. The second-order valence-electron chi connectivity index (χ2n) is 6.00. The van der Waals surface area contributed by atoms with Crippen LogP contribution in [-0.4, -0.2) is 60.6 Å². The Balaban J connectivity index is 1.78. The number of nitrogens with zero attached hydrogens (tertiary/aromatic N) is 1. The first-order valence-electron chi connectivity index (χ1n) is 7.99. The first kappa shape index (κ1) is 16.1. The molecule has 20 heavy (non-hydrogen) atoms. The van der Waals surface area contributed by atoms with Gasteiger partial charge in [-0.2, -0.15) is 11.8 Å². The van der Waals surface area contributed by atoms with Gasteiger partial charge >= 0.3 is 0 Å². The number of carbonyl (C=O) groups excluding carboxylic acids is 1. The number of hydrogen-bond acceptors (Lipinski definition) is 4. The van der Waals surface area contributed by atoms with Crippen molar-refractivity contribution in [2.75, 3.05) is 32.4 Å². The second-order valence-corrected chi connectivity index (χ2v) is 7.28. The third-order valence-electron chi connectivity index (χ3n) is 4.63. The van der Waals surface area contributed by atoms with Gasteiger partial charge in [-0.1, -0.05) is 6.92 Å². The Labute approximate surface area is 127 Å². The van der Waals surface area contributed by atoms with Crippen molar-refractivity contribution in [2.24, 2.45) is 0 Å². The fourth-order valence-electron chi connectivity index (χ4n) is 3.28. The zero-order valence-corrected chi connectivity index (χ0v) is 13.7. The smallest absolute Gasteiger partial charge is 0.237 e. The van der Waals surface area contributed by atoms with Crippen molar-refractivity contribution in [1.82, 2.24) is 15.5 Å². The summed E-state index contributed by atoms with van der Waals surface area (Å²) in [5.74, 6) is 0.259. The lowest BCUT2D eigenvalue weighted by atomic mass is 10.0. The average Bonchev–Trinajstić information content (AvgIpc) is 2.97. The lowest BCUT2D eigenvalue weighted by molar-refractivity contribution is -0.126. The van der Waals surface area contributed by atoms with Crippen molar-refractivity contribution in [3.63, 3.8) is 0 Å². The largest absolute Gasteiger partial charge is 0.355 e. The highest BCUT2D eigenvalue weighted by Crippen LogP contribution is 2.24. The van der Waals surface area contributed by atoms with Crippen molar-refractivity contribution < 1.29 is 4.79 Å². The van der Waals surface area contributed by atoms with Gasteiger partial charge in [-0.05, 0) is 58.0 Å². The maximum absolute atomic E-state index is 12.4. The van der Waals surface area contributed by atoms with E-state index in [1.54, 1.807) is 0 Å². The molecule has 5 heteroatoms. The van der Waals surface area contributed by atoms with Crippen molar-refractivity contribution in [3.05, 3.63) is 0 Å². The van der Waals surface area contributed by atoms with E-state index in [4.69, 9.17) is 0 Å². The number of amides is 1. The Hall–Kier alpha value is -0.260. The number of carbonyl (C=O) groups is 1. The Morgan fingerprint density at radius 2 is 2.15 bits per heavy atom. The lowest BCUT2D eigenvalue weighted by Gasteiger charge is -2.35. The van der Waals surface area contributed by atoms with Crippen LogP contribution in [0.2, 0.25) is 0 Å². The van der Waals surface area contributed by atoms with E-state index in [0.717, 1.165) is 39.0 Å². The number of piperidine rings is 1. The first-order chi connectivity index (χ1) is 9.72. The molecule has 2 heterocycles. The summed E-state index contributed by atoms with van der Waals surface area (Å²) in [6.07, 6.45) is 7.77. The third kappa shape index (κ3) is 4.37. The molecular formula is C15H29N3OS. The van der Waals surface area contributed by atoms with Crippen LogP contribution in [-0.2, 0) is 4.79 Å². The summed E-state index contributed by atoms with van der Waals surface area (Å²) < 4.78 is 0. The summed E-state index contributed by atoms with van der Waals surface area (Å²) in [5.41, 5.74) is 0. The fraction of sp³-hybridized carbons (Fsp3) is 0.933. The highest BCUT2D eigenvalue weighted by Gasteiger charge is 2.35. The van der Waals surface area contributed by atoms with Gasteiger partial charge in [-0.25, -0.2) is 0 Å². The van der Waals surface area contributed by atoms with Crippen LogP contribution in [0.5, 0.6) is 0 Å². The molecule has 2 atom stereocenters. The molecule has 2 unspecified atom stereocenters. The normalized spacial score (nSPS) is 26.6. The van der Waals surface area contributed by atoms with Crippen molar-refractivity contribution in [3.8, 4) is 0 Å². The van der Waals surface area contributed by atoms with Gasteiger partial charge in [0.05, 0.1) is 6.04 Å². The molecule has 2 saturated heterocycles. The standard InChI is InChI=1S/C15H29N3OS/c1-12(20-2)5-10-17-15(19)14-4-3-11-18(14)13-6-8-16-9-7-13/h12-14,16H,3-11H2,1-2H3,(H,17,19). The van der Waals surface area contributed by atoms with E-state index in [1.807, 2.05) is 11.8 Å². The molecule has 0 aromatic heterocycles. The Kier molecular flexibility index (Phi) is 6.65. The molecule has 0 spiro atoms.